The van der Waals surface area contributed by atoms with Gasteiger partial charge in [0.15, 0.2) is 0 Å². The molecule has 1 aliphatic heterocycles. The van der Waals surface area contributed by atoms with Gasteiger partial charge in [-0.3, -0.25) is 4.79 Å². The molecule has 0 radical (unpaired) electrons. The van der Waals surface area contributed by atoms with Crippen molar-refractivity contribution in [1.29, 1.82) is 0 Å². The molecule has 15 heavy (non-hydrogen) atoms. The van der Waals surface area contributed by atoms with Crippen LogP contribution in [-0.4, -0.2) is 22.6 Å². The van der Waals surface area contributed by atoms with Gasteiger partial charge in [-0.15, -0.1) is 0 Å². The van der Waals surface area contributed by atoms with Crippen molar-refractivity contribution in [3.05, 3.63) is 20.3 Å². The number of aromatic nitrogens is 2. The molecule has 2 unspecified atom stereocenters. The minimum absolute atomic E-state index is 0.0487. The first kappa shape index (κ1) is 10.9. The van der Waals surface area contributed by atoms with Gasteiger partial charge in [0, 0.05) is 12.6 Å². The molecule has 1 aromatic heterocycles. The minimum atomic E-state index is -0.0487. The Hall–Kier alpha value is -0.590. The van der Waals surface area contributed by atoms with Gasteiger partial charge in [0.2, 0.25) is 0 Å². The molecule has 2 rings (SSSR count). The maximum absolute atomic E-state index is 11.5. The molecule has 0 bridgehead atoms. The van der Waals surface area contributed by atoms with E-state index in [1.807, 2.05) is 0 Å². The molecular weight excluding hydrogens is 305 g/mol. The monoisotopic (exact) mass is 319 g/mol. The fourth-order valence-electron chi connectivity index (χ4n) is 2.17. The van der Waals surface area contributed by atoms with Crippen LogP contribution in [0.15, 0.2) is 11.1 Å². The molecule has 0 saturated carbocycles. The number of aromatic amines is 1. The SMILES string of the molecule is CC1CC(C)N(c2nc[nH]c(=O)c2I)C1. The Labute approximate surface area is 102 Å². The van der Waals surface area contributed by atoms with Gasteiger partial charge in [0.25, 0.3) is 5.56 Å². The normalized spacial score (nSPS) is 25.9. The highest BCUT2D eigenvalue weighted by Gasteiger charge is 2.28. The Balaban J connectivity index is 2.38. The van der Waals surface area contributed by atoms with Crippen LogP contribution in [0.2, 0.25) is 0 Å². The zero-order chi connectivity index (χ0) is 11.0. The van der Waals surface area contributed by atoms with E-state index in [0.717, 1.165) is 12.4 Å². The van der Waals surface area contributed by atoms with Gasteiger partial charge >= 0.3 is 0 Å². The lowest BCUT2D eigenvalue weighted by Crippen LogP contribution is -2.30. The van der Waals surface area contributed by atoms with Gasteiger partial charge in [-0.05, 0) is 41.9 Å². The van der Waals surface area contributed by atoms with E-state index in [9.17, 15) is 4.79 Å². The average molecular weight is 319 g/mol. The van der Waals surface area contributed by atoms with Crippen LogP contribution in [0.1, 0.15) is 20.3 Å². The van der Waals surface area contributed by atoms with E-state index in [1.165, 1.54) is 12.7 Å². The van der Waals surface area contributed by atoms with Crippen molar-refractivity contribution in [3.63, 3.8) is 0 Å². The van der Waals surface area contributed by atoms with Crippen molar-refractivity contribution < 1.29 is 0 Å². The summed E-state index contributed by atoms with van der Waals surface area (Å²) >= 11 is 2.06. The maximum Gasteiger partial charge on any atom is 0.266 e. The van der Waals surface area contributed by atoms with Crippen LogP contribution in [0.4, 0.5) is 5.82 Å². The molecule has 2 atom stereocenters. The molecule has 4 nitrogen and oxygen atoms in total. The second-order valence-corrected chi connectivity index (χ2v) is 5.29. The summed E-state index contributed by atoms with van der Waals surface area (Å²) in [6.07, 6.45) is 2.65. The molecule has 1 aromatic rings. The molecule has 1 saturated heterocycles. The third-order valence-corrected chi connectivity index (χ3v) is 3.81. The molecule has 0 spiro atoms. The highest BCUT2D eigenvalue weighted by atomic mass is 127. The van der Waals surface area contributed by atoms with Gasteiger partial charge in [-0.25, -0.2) is 4.98 Å². The summed E-state index contributed by atoms with van der Waals surface area (Å²) in [7, 11) is 0. The number of halogens is 1. The summed E-state index contributed by atoms with van der Waals surface area (Å²) in [6, 6.07) is 0.475. The zero-order valence-electron chi connectivity index (χ0n) is 8.83. The first-order chi connectivity index (χ1) is 7.09. The molecule has 0 aromatic carbocycles. The van der Waals surface area contributed by atoms with Gasteiger partial charge < -0.3 is 9.88 Å². The van der Waals surface area contributed by atoms with Gasteiger partial charge in [-0.2, -0.15) is 0 Å². The zero-order valence-corrected chi connectivity index (χ0v) is 11.0. The number of hydrogen-bond donors (Lipinski definition) is 1. The van der Waals surface area contributed by atoms with Crippen LogP contribution in [0.3, 0.4) is 0 Å². The van der Waals surface area contributed by atoms with Crippen molar-refractivity contribution in [2.75, 3.05) is 11.4 Å². The van der Waals surface area contributed by atoms with Crippen LogP contribution in [0.5, 0.6) is 0 Å². The first-order valence-electron chi connectivity index (χ1n) is 5.09. The smallest absolute Gasteiger partial charge is 0.266 e. The van der Waals surface area contributed by atoms with Crippen molar-refractivity contribution >= 4 is 28.4 Å². The quantitative estimate of drug-likeness (QED) is 0.800. The largest absolute Gasteiger partial charge is 0.353 e. The summed E-state index contributed by atoms with van der Waals surface area (Å²) in [6.45, 7) is 5.41. The van der Waals surface area contributed by atoms with Crippen LogP contribution < -0.4 is 10.5 Å². The van der Waals surface area contributed by atoms with Crippen molar-refractivity contribution in [3.8, 4) is 0 Å². The highest BCUT2D eigenvalue weighted by molar-refractivity contribution is 14.1. The molecule has 0 amide bonds. The van der Waals surface area contributed by atoms with Crippen molar-refractivity contribution in [1.82, 2.24) is 9.97 Å². The van der Waals surface area contributed by atoms with Crippen LogP contribution in [-0.2, 0) is 0 Å². The van der Waals surface area contributed by atoms with Crippen LogP contribution >= 0.6 is 22.6 Å². The fraction of sp³-hybridized carbons (Fsp3) is 0.600. The van der Waals surface area contributed by atoms with E-state index in [1.54, 1.807) is 0 Å². The third kappa shape index (κ3) is 2.02. The van der Waals surface area contributed by atoms with Crippen molar-refractivity contribution in [2.24, 2.45) is 5.92 Å². The van der Waals surface area contributed by atoms with Gasteiger partial charge in [-0.1, -0.05) is 6.92 Å². The third-order valence-electron chi connectivity index (χ3n) is 2.83. The Morgan fingerprint density at radius 3 is 2.93 bits per heavy atom. The topological polar surface area (TPSA) is 49.0 Å². The summed E-state index contributed by atoms with van der Waals surface area (Å²) in [5.74, 6) is 1.51. The first-order valence-corrected chi connectivity index (χ1v) is 6.17. The predicted molar refractivity (Wildman–Crippen MR) is 68.2 cm³/mol. The van der Waals surface area contributed by atoms with Crippen LogP contribution in [0.25, 0.3) is 0 Å². The number of nitrogens with zero attached hydrogens (tertiary/aromatic N) is 2. The highest BCUT2D eigenvalue weighted by Crippen LogP contribution is 2.28. The lowest BCUT2D eigenvalue weighted by Gasteiger charge is -2.22. The van der Waals surface area contributed by atoms with E-state index in [0.29, 0.717) is 15.5 Å². The molecule has 1 fully saturated rings. The predicted octanol–water partition coefficient (Wildman–Crippen LogP) is 1.61. The molecule has 0 aliphatic carbocycles. The summed E-state index contributed by atoms with van der Waals surface area (Å²) in [5.41, 5.74) is -0.0487. The van der Waals surface area contributed by atoms with E-state index >= 15 is 0 Å². The molecular formula is C10H14IN3O. The molecule has 1 aliphatic rings. The average Bonchev–Trinajstić information content (AvgIpc) is 2.50. The second kappa shape index (κ2) is 4.11. The Bertz CT molecular complexity index is 417. The van der Waals surface area contributed by atoms with Gasteiger partial charge in [0.1, 0.15) is 9.39 Å². The Morgan fingerprint density at radius 2 is 2.33 bits per heavy atom. The Kier molecular flexibility index (Phi) is 2.99. The van der Waals surface area contributed by atoms with Crippen LogP contribution in [0, 0.1) is 9.49 Å². The summed E-state index contributed by atoms with van der Waals surface area (Å²) in [4.78, 5) is 20.5. The fourth-order valence-corrected chi connectivity index (χ4v) is 2.77. The van der Waals surface area contributed by atoms with E-state index in [4.69, 9.17) is 0 Å². The number of hydrogen-bond acceptors (Lipinski definition) is 3. The number of nitrogens with one attached hydrogen (secondary N) is 1. The summed E-state index contributed by atoms with van der Waals surface area (Å²) < 4.78 is 0.691. The molecule has 82 valence electrons. The number of rotatable bonds is 1. The summed E-state index contributed by atoms with van der Waals surface area (Å²) in [5, 5.41) is 0. The van der Waals surface area contributed by atoms with E-state index < -0.39 is 0 Å². The van der Waals surface area contributed by atoms with E-state index in [2.05, 4.69) is 51.3 Å². The Morgan fingerprint density at radius 1 is 1.60 bits per heavy atom. The van der Waals surface area contributed by atoms with Crippen molar-refractivity contribution in [2.45, 2.75) is 26.3 Å². The molecule has 5 heteroatoms. The lowest BCUT2D eigenvalue weighted by atomic mass is 10.1. The minimum Gasteiger partial charge on any atom is -0.353 e. The number of anilines is 1. The lowest BCUT2D eigenvalue weighted by molar-refractivity contribution is 0.625. The second-order valence-electron chi connectivity index (χ2n) is 4.21. The maximum atomic E-state index is 11.5. The van der Waals surface area contributed by atoms with Gasteiger partial charge in [0.05, 0.1) is 6.33 Å². The number of H-pyrrole nitrogens is 1. The molecule has 1 N–H and O–H groups in total. The van der Waals surface area contributed by atoms with E-state index in [-0.39, 0.29) is 5.56 Å². The standard InChI is InChI=1S/C10H14IN3O/c1-6-3-7(2)14(4-6)9-8(11)10(15)13-5-12-9/h5-7H,3-4H2,1-2H3,(H,12,13,15). The molecule has 2 heterocycles.